The van der Waals surface area contributed by atoms with Crippen LogP contribution in [-0.2, 0) is 0 Å². The van der Waals surface area contributed by atoms with Crippen molar-refractivity contribution in [3.63, 3.8) is 0 Å². The molecule has 0 saturated heterocycles. The van der Waals surface area contributed by atoms with Gasteiger partial charge in [-0.05, 0) is 25.0 Å². The monoisotopic (exact) mass is 240 g/mol. The predicted molar refractivity (Wildman–Crippen MR) is 63.3 cm³/mol. The molecule has 0 amide bonds. The Balaban J connectivity index is 2.75. The van der Waals surface area contributed by atoms with Gasteiger partial charge in [0.1, 0.15) is 11.3 Å². The molecule has 16 heavy (non-hydrogen) atoms. The van der Waals surface area contributed by atoms with Gasteiger partial charge in [-0.15, -0.1) is 6.58 Å². The molecule has 0 spiro atoms. The first-order chi connectivity index (χ1) is 7.66. The van der Waals surface area contributed by atoms with Gasteiger partial charge in [-0.2, -0.15) is 0 Å². The number of ether oxygens (including phenoxy) is 1. The van der Waals surface area contributed by atoms with Crippen LogP contribution in [0.1, 0.15) is 23.2 Å². The molecular weight excluding hydrogens is 228 g/mol. The van der Waals surface area contributed by atoms with Gasteiger partial charge in [-0.1, -0.05) is 23.7 Å². The minimum atomic E-state index is -1.08. The second kappa shape index (κ2) is 6.18. The molecule has 86 valence electrons. The lowest BCUT2D eigenvalue weighted by Crippen LogP contribution is -2.05. The molecule has 4 heteroatoms. The van der Waals surface area contributed by atoms with Crippen LogP contribution in [0.5, 0.6) is 5.75 Å². The number of carboxylic acid groups (broad SMARTS) is 1. The average Bonchev–Trinajstić information content (AvgIpc) is 2.24. The lowest BCUT2D eigenvalue weighted by Gasteiger charge is -2.09. The average molecular weight is 241 g/mol. The lowest BCUT2D eigenvalue weighted by molar-refractivity contribution is 0.0692. The summed E-state index contributed by atoms with van der Waals surface area (Å²) in [5.41, 5.74) is 0.0165. The highest BCUT2D eigenvalue weighted by atomic mass is 35.5. The van der Waals surface area contributed by atoms with Crippen LogP contribution in [0.2, 0.25) is 5.02 Å². The molecule has 1 N–H and O–H groups in total. The van der Waals surface area contributed by atoms with Crippen molar-refractivity contribution in [1.82, 2.24) is 0 Å². The summed E-state index contributed by atoms with van der Waals surface area (Å²) in [4.78, 5) is 11.0. The first-order valence-electron chi connectivity index (χ1n) is 4.92. The topological polar surface area (TPSA) is 46.5 Å². The SMILES string of the molecule is C=CCCCOc1cccc(Cl)c1C(=O)O. The Morgan fingerprint density at radius 3 is 2.94 bits per heavy atom. The molecule has 1 aromatic rings. The zero-order valence-corrected chi connectivity index (χ0v) is 9.54. The van der Waals surface area contributed by atoms with Crippen molar-refractivity contribution in [3.05, 3.63) is 41.4 Å². The third-order valence-corrected chi connectivity index (χ3v) is 2.31. The van der Waals surface area contributed by atoms with Gasteiger partial charge in [0.05, 0.1) is 11.6 Å². The number of aromatic carboxylic acids is 1. The molecule has 3 nitrogen and oxygen atoms in total. The number of unbranched alkanes of at least 4 members (excludes halogenated alkanes) is 1. The van der Waals surface area contributed by atoms with Gasteiger partial charge in [0.25, 0.3) is 0 Å². The summed E-state index contributed by atoms with van der Waals surface area (Å²) in [5, 5.41) is 9.16. The van der Waals surface area contributed by atoms with Crippen molar-refractivity contribution in [2.45, 2.75) is 12.8 Å². The maximum atomic E-state index is 11.0. The highest BCUT2D eigenvalue weighted by Crippen LogP contribution is 2.26. The normalized spacial score (nSPS) is 9.81. The summed E-state index contributed by atoms with van der Waals surface area (Å²) in [5.74, 6) is -0.770. The Morgan fingerprint density at radius 2 is 2.31 bits per heavy atom. The molecule has 0 bridgehead atoms. The Bertz CT molecular complexity index is 388. The number of rotatable bonds is 6. The molecular formula is C12H13ClO3. The number of carboxylic acids is 1. The van der Waals surface area contributed by atoms with E-state index in [2.05, 4.69) is 6.58 Å². The fourth-order valence-electron chi connectivity index (χ4n) is 1.24. The largest absolute Gasteiger partial charge is 0.493 e. The highest BCUT2D eigenvalue weighted by Gasteiger charge is 2.14. The summed E-state index contributed by atoms with van der Waals surface area (Å²) in [6.45, 7) is 4.05. The van der Waals surface area contributed by atoms with Gasteiger partial charge < -0.3 is 9.84 Å². The molecule has 1 aromatic carbocycles. The standard InChI is InChI=1S/C12H13ClO3/c1-2-3-4-8-16-10-7-5-6-9(13)11(10)12(14)15/h2,5-7H,1,3-4,8H2,(H,14,15). The molecule has 0 heterocycles. The van der Waals surface area contributed by atoms with Gasteiger partial charge in [0, 0.05) is 0 Å². The van der Waals surface area contributed by atoms with E-state index in [4.69, 9.17) is 21.4 Å². The third kappa shape index (κ3) is 3.28. The van der Waals surface area contributed by atoms with E-state index in [1.165, 1.54) is 6.07 Å². The summed E-state index contributed by atoms with van der Waals surface area (Å²) in [7, 11) is 0. The van der Waals surface area contributed by atoms with E-state index in [0.717, 1.165) is 12.8 Å². The summed E-state index contributed by atoms with van der Waals surface area (Å²) in [6, 6.07) is 4.79. The van der Waals surface area contributed by atoms with E-state index in [9.17, 15) is 4.79 Å². The van der Waals surface area contributed by atoms with Crippen LogP contribution in [0.25, 0.3) is 0 Å². The zero-order chi connectivity index (χ0) is 12.0. The fourth-order valence-corrected chi connectivity index (χ4v) is 1.49. The van der Waals surface area contributed by atoms with Gasteiger partial charge in [-0.3, -0.25) is 0 Å². The van der Waals surface area contributed by atoms with E-state index in [1.807, 2.05) is 0 Å². The first kappa shape index (κ1) is 12.6. The second-order valence-corrected chi connectivity index (χ2v) is 3.60. The Hall–Kier alpha value is -1.48. The molecule has 0 unspecified atom stereocenters. The Morgan fingerprint density at radius 1 is 1.56 bits per heavy atom. The maximum absolute atomic E-state index is 11.0. The number of benzene rings is 1. The minimum absolute atomic E-state index is 0.0165. The predicted octanol–water partition coefficient (Wildman–Crippen LogP) is 3.38. The number of hydrogen-bond acceptors (Lipinski definition) is 2. The van der Waals surface area contributed by atoms with E-state index in [-0.39, 0.29) is 10.6 Å². The van der Waals surface area contributed by atoms with Gasteiger partial charge in [0.2, 0.25) is 0 Å². The highest BCUT2D eigenvalue weighted by molar-refractivity contribution is 6.33. The van der Waals surface area contributed by atoms with Crippen molar-refractivity contribution >= 4 is 17.6 Å². The first-order valence-corrected chi connectivity index (χ1v) is 5.30. The summed E-state index contributed by atoms with van der Waals surface area (Å²) < 4.78 is 5.37. The van der Waals surface area contributed by atoms with Crippen molar-refractivity contribution in [1.29, 1.82) is 0 Å². The molecule has 0 aliphatic carbocycles. The maximum Gasteiger partial charge on any atom is 0.341 e. The van der Waals surface area contributed by atoms with E-state index in [1.54, 1.807) is 18.2 Å². The zero-order valence-electron chi connectivity index (χ0n) is 8.78. The molecule has 0 fully saturated rings. The van der Waals surface area contributed by atoms with Crippen LogP contribution in [-0.4, -0.2) is 17.7 Å². The number of hydrogen-bond donors (Lipinski definition) is 1. The molecule has 0 radical (unpaired) electrons. The molecule has 0 aromatic heterocycles. The fraction of sp³-hybridized carbons (Fsp3) is 0.250. The van der Waals surface area contributed by atoms with E-state index < -0.39 is 5.97 Å². The van der Waals surface area contributed by atoms with Gasteiger partial charge >= 0.3 is 5.97 Å². The quantitative estimate of drug-likeness (QED) is 0.613. The smallest absolute Gasteiger partial charge is 0.341 e. The minimum Gasteiger partial charge on any atom is -0.493 e. The van der Waals surface area contributed by atoms with Crippen LogP contribution >= 0.6 is 11.6 Å². The van der Waals surface area contributed by atoms with Crippen molar-refractivity contribution in [2.24, 2.45) is 0 Å². The number of halogens is 1. The van der Waals surface area contributed by atoms with Gasteiger partial charge in [0.15, 0.2) is 0 Å². The third-order valence-electron chi connectivity index (χ3n) is 2.00. The van der Waals surface area contributed by atoms with E-state index in [0.29, 0.717) is 12.4 Å². The van der Waals surface area contributed by atoms with Crippen LogP contribution < -0.4 is 4.74 Å². The Kier molecular flexibility index (Phi) is 4.86. The molecule has 0 saturated carbocycles. The molecule has 0 atom stereocenters. The lowest BCUT2D eigenvalue weighted by atomic mass is 10.2. The van der Waals surface area contributed by atoms with Crippen LogP contribution in [0.15, 0.2) is 30.9 Å². The van der Waals surface area contributed by atoms with Crippen molar-refractivity contribution in [3.8, 4) is 5.75 Å². The van der Waals surface area contributed by atoms with Crippen LogP contribution in [0.3, 0.4) is 0 Å². The van der Waals surface area contributed by atoms with E-state index >= 15 is 0 Å². The summed E-state index contributed by atoms with van der Waals surface area (Å²) in [6.07, 6.45) is 3.43. The molecule has 0 aliphatic rings. The number of allylic oxidation sites excluding steroid dienone is 1. The second-order valence-electron chi connectivity index (χ2n) is 3.20. The molecule has 0 aliphatic heterocycles. The Labute approximate surface area is 99.3 Å². The molecule has 1 rings (SSSR count). The van der Waals surface area contributed by atoms with Crippen molar-refractivity contribution < 1.29 is 14.6 Å². The van der Waals surface area contributed by atoms with Gasteiger partial charge in [-0.25, -0.2) is 4.79 Å². The van der Waals surface area contributed by atoms with Crippen LogP contribution in [0, 0.1) is 0 Å². The summed E-state index contributed by atoms with van der Waals surface area (Å²) >= 11 is 5.79. The van der Waals surface area contributed by atoms with Crippen molar-refractivity contribution in [2.75, 3.05) is 6.61 Å². The number of carbonyl (C=O) groups is 1. The van der Waals surface area contributed by atoms with Crippen LogP contribution in [0.4, 0.5) is 0 Å².